The van der Waals surface area contributed by atoms with Crippen LogP contribution in [-0.4, -0.2) is 66.8 Å². The van der Waals surface area contributed by atoms with Crippen molar-refractivity contribution in [1.29, 1.82) is 0 Å². The first-order valence-electron chi connectivity index (χ1n) is 7.13. The molecule has 24 heavy (non-hydrogen) atoms. The third-order valence-corrected chi connectivity index (χ3v) is 3.47. The molecule has 1 unspecified atom stereocenters. The summed E-state index contributed by atoms with van der Waals surface area (Å²) in [6.45, 7) is -0.696. The lowest BCUT2D eigenvalue weighted by Gasteiger charge is -2.28. The second-order valence-electron chi connectivity index (χ2n) is 5.02. The van der Waals surface area contributed by atoms with Crippen molar-refractivity contribution in [3.63, 3.8) is 0 Å². The molecule has 0 heterocycles. The van der Waals surface area contributed by atoms with Gasteiger partial charge in [-0.2, -0.15) is 0 Å². The number of benzene rings is 1. The van der Waals surface area contributed by atoms with Gasteiger partial charge in [0.2, 0.25) is 0 Å². The molecule has 0 saturated heterocycles. The van der Waals surface area contributed by atoms with E-state index < -0.39 is 22.9 Å². The molecule has 0 bridgehead atoms. The van der Waals surface area contributed by atoms with E-state index in [0.29, 0.717) is 6.42 Å². The Morgan fingerprint density at radius 1 is 1.17 bits per heavy atom. The number of non-ortho nitro benzene ring substituents is 1. The van der Waals surface area contributed by atoms with Crippen LogP contribution in [0, 0.1) is 10.1 Å². The number of rotatable bonds is 9. The summed E-state index contributed by atoms with van der Waals surface area (Å²) >= 11 is 0. The van der Waals surface area contributed by atoms with Gasteiger partial charge >= 0.3 is 11.9 Å². The van der Waals surface area contributed by atoms with E-state index in [1.165, 1.54) is 31.3 Å². The number of methoxy groups -OCH3 is 2. The molecule has 1 aromatic carbocycles. The number of ether oxygens (including phenoxy) is 2. The van der Waals surface area contributed by atoms with Crippen LogP contribution in [-0.2, 0) is 25.5 Å². The van der Waals surface area contributed by atoms with Crippen LogP contribution in [0.15, 0.2) is 24.3 Å². The zero-order valence-corrected chi connectivity index (χ0v) is 13.5. The Morgan fingerprint density at radius 3 is 2.04 bits per heavy atom. The molecule has 132 valence electrons. The number of hydrogen-bond acceptors (Lipinski definition) is 8. The Morgan fingerprint density at radius 2 is 1.67 bits per heavy atom. The molecule has 0 amide bonds. The van der Waals surface area contributed by atoms with Crippen LogP contribution in [0.1, 0.15) is 5.56 Å². The van der Waals surface area contributed by atoms with E-state index in [0.717, 1.165) is 5.56 Å². The first kappa shape index (κ1) is 19.5. The fraction of sp³-hybridized carbons (Fsp3) is 0.467. The molecule has 9 heteroatoms. The van der Waals surface area contributed by atoms with Gasteiger partial charge < -0.3 is 14.6 Å². The maximum absolute atomic E-state index is 11.5. The Balaban J connectivity index is 2.88. The molecule has 9 nitrogen and oxygen atoms in total. The second kappa shape index (κ2) is 9.58. The molecular formula is C15H20N2O7. The smallest absolute Gasteiger partial charge is 0.319 e. The summed E-state index contributed by atoms with van der Waals surface area (Å²) in [6.07, 6.45) is 0.294. The van der Waals surface area contributed by atoms with E-state index in [4.69, 9.17) is 0 Å². The topological polar surface area (TPSA) is 119 Å². The fourth-order valence-electron chi connectivity index (χ4n) is 2.11. The van der Waals surface area contributed by atoms with Crippen LogP contribution in [0.5, 0.6) is 0 Å². The van der Waals surface area contributed by atoms with Gasteiger partial charge in [0.25, 0.3) is 5.69 Å². The second-order valence-corrected chi connectivity index (χ2v) is 5.02. The number of esters is 2. The molecule has 0 radical (unpaired) electrons. The first-order valence-corrected chi connectivity index (χ1v) is 7.13. The van der Waals surface area contributed by atoms with Crippen LogP contribution in [0.3, 0.4) is 0 Å². The van der Waals surface area contributed by atoms with Gasteiger partial charge in [0.05, 0.1) is 38.8 Å². The number of nitro benzene ring substituents is 1. The quantitative estimate of drug-likeness (QED) is 0.383. The van der Waals surface area contributed by atoms with E-state index in [-0.39, 0.29) is 25.4 Å². The monoisotopic (exact) mass is 340 g/mol. The summed E-state index contributed by atoms with van der Waals surface area (Å²) in [5, 5.41) is 20.3. The average Bonchev–Trinajstić information content (AvgIpc) is 2.59. The Bertz CT molecular complexity index is 556. The minimum Gasteiger partial charge on any atom is -0.468 e. The van der Waals surface area contributed by atoms with Crippen molar-refractivity contribution in [2.45, 2.75) is 12.5 Å². The van der Waals surface area contributed by atoms with Crippen LogP contribution in [0.4, 0.5) is 5.69 Å². The van der Waals surface area contributed by atoms with Gasteiger partial charge in [-0.3, -0.25) is 24.6 Å². The van der Waals surface area contributed by atoms with Crippen molar-refractivity contribution in [1.82, 2.24) is 4.90 Å². The highest BCUT2D eigenvalue weighted by Gasteiger charge is 2.24. The number of carbonyl (C=O) groups is 2. The van der Waals surface area contributed by atoms with Crippen molar-refractivity contribution in [3.8, 4) is 0 Å². The largest absolute Gasteiger partial charge is 0.468 e. The van der Waals surface area contributed by atoms with E-state index in [1.54, 1.807) is 12.1 Å². The van der Waals surface area contributed by atoms with Gasteiger partial charge in [0.1, 0.15) is 0 Å². The van der Waals surface area contributed by atoms with Crippen LogP contribution < -0.4 is 0 Å². The van der Waals surface area contributed by atoms with Crippen molar-refractivity contribution >= 4 is 17.6 Å². The number of nitrogens with zero attached hydrogens (tertiary/aromatic N) is 2. The van der Waals surface area contributed by atoms with Gasteiger partial charge in [-0.05, 0) is 12.0 Å². The molecule has 1 rings (SSSR count). The molecule has 1 atom stereocenters. The van der Waals surface area contributed by atoms with Crippen molar-refractivity contribution in [3.05, 3.63) is 39.9 Å². The van der Waals surface area contributed by atoms with E-state index in [2.05, 4.69) is 9.47 Å². The van der Waals surface area contributed by atoms with Gasteiger partial charge in [-0.25, -0.2) is 0 Å². The summed E-state index contributed by atoms with van der Waals surface area (Å²) in [6, 6.07) is 5.29. The Labute approximate surface area is 138 Å². The van der Waals surface area contributed by atoms with Crippen LogP contribution >= 0.6 is 0 Å². The van der Waals surface area contributed by atoms with Crippen molar-refractivity contribution in [2.24, 2.45) is 0 Å². The Kier molecular flexibility index (Phi) is 7.80. The van der Waals surface area contributed by atoms with Crippen molar-refractivity contribution in [2.75, 3.05) is 33.9 Å². The molecule has 0 saturated carbocycles. The summed E-state index contributed by atoms with van der Waals surface area (Å²) in [5.41, 5.74) is 0.680. The summed E-state index contributed by atoms with van der Waals surface area (Å²) in [4.78, 5) is 34.6. The molecule has 0 aromatic heterocycles. The summed E-state index contributed by atoms with van der Waals surface area (Å²) in [5.74, 6) is -1.11. The number of aliphatic hydroxyl groups is 1. The SMILES string of the molecule is COC(=O)CN(CC(=O)OC)C(CO)Cc1ccc([N+](=O)[O-])cc1. The van der Waals surface area contributed by atoms with Gasteiger partial charge in [0.15, 0.2) is 0 Å². The van der Waals surface area contributed by atoms with E-state index >= 15 is 0 Å². The highest BCUT2D eigenvalue weighted by molar-refractivity contribution is 5.75. The third-order valence-electron chi connectivity index (χ3n) is 3.47. The molecule has 0 aliphatic rings. The minimum atomic E-state index is -0.555. The highest BCUT2D eigenvalue weighted by atomic mass is 16.6. The molecule has 0 aliphatic heterocycles. The number of hydrogen-bond donors (Lipinski definition) is 1. The molecular weight excluding hydrogens is 320 g/mol. The van der Waals surface area contributed by atoms with Gasteiger partial charge in [-0.15, -0.1) is 0 Å². The fourth-order valence-corrected chi connectivity index (χ4v) is 2.11. The molecule has 0 aliphatic carbocycles. The molecule has 1 aromatic rings. The molecule has 1 N–H and O–H groups in total. The molecule has 0 spiro atoms. The maximum Gasteiger partial charge on any atom is 0.319 e. The van der Waals surface area contributed by atoms with Crippen LogP contribution in [0.2, 0.25) is 0 Å². The standard InChI is InChI=1S/C15H20N2O7/c1-23-14(19)8-16(9-15(20)24-2)13(10-18)7-11-3-5-12(6-4-11)17(21)22/h3-6,13,18H,7-10H2,1-2H3. The highest BCUT2D eigenvalue weighted by Crippen LogP contribution is 2.15. The lowest BCUT2D eigenvalue weighted by molar-refractivity contribution is -0.384. The zero-order chi connectivity index (χ0) is 18.1. The third kappa shape index (κ3) is 5.94. The number of aliphatic hydroxyl groups excluding tert-OH is 1. The maximum atomic E-state index is 11.5. The predicted molar refractivity (Wildman–Crippen MR) is 83.3 cm³/mol. The van der Waals surface area contributed by atoms with E-state index in [9.17, 15) is 24.8 Å². The predicted octanol–water partition coefficient (Wildman–Crippen LogP) is 0.146. The number of carbonyl (C=O) groups excluding carboxylic acids is 2. The Hall–Kier alpha value is -2.52. The van der Waals surface area contributed by atoms with Crippen LogP contribution in [0.25, 0.3) is 0 Å². The number of nitro groups is 1. The summed E-state index contributed by atoms with van der Waals surface area (Å²) < 4.78 is 9.19. The van der Waals surface area contributed by atoms with Gasteiger partial charge in [0, 0.05) is 18.2 Å². The summed E-state index contributed by atoms with van der Waals surface area (Å²) in [7, 11) is 2.45. The van der Waals surface area contributed by atoms with Crippen molar-refractivity contribution < 1.29 is 29.1 Å². The molecule has 0 fully saturated rings. The lowest BCUT2D eigenvalue weighted by atomic mass is 10.0. The van der Waals surface area contributed by atoms with E-state index in [1.807, 2.05) is 0 Å². The van der Waals surface area contributed by atoms with Gasteiger partial charge in [-0.1, -0.05) is 12.1 Å². The minimum absolute atomic E-state index is 0.0414. The first-order chi connectivity index (χ1) is 11.4. The normalized spacial score (nSPS) is 11.8. The lowest BCUT2D eigenvalue weighted by Crippen LogP contribution is -2.45. The average molecular weight is 340 g/mol. The zero-order valence-electron chi connectivity index (χ0n) is 13.5.